The van der Waals surface area contributed by atoms with E-state index in [-0.39, 0.29) is 24.0 Å². The summed E-state index contributed by atoms with van der Waals surface area (Å²) in [7, 11) is 0. The first-order chi connectivity index (χ1) is 16.7. The number of benzene rings is 2. The molecule has 1 N–H and O–H groups in total. The summed E-state index contributed by atoms with van der Waals surface area (Å²) in [5.41, 5.74) is 2.43. The Hall–Kier alpha value is -3.45. The lowest BCUT2D eigenvalue weighted by molar-refractivity contribution is 0.0520. The second kappa shape index (κ2) is 11.6. The highest BCUT2D eigenvalue weighted by Gasteiger charge is 2.24. The van der Waals surface area contributed by atoms with Crippen molar-refractivity contribution in [2.45, 2.75) is 26.2 Å². The fourth-order valence-electron chi connectivity index (χ4n) is 4.45. The molecule has 0 saturated carbocycles. The monoisotopic (exact) mass is 461 g/mol. The van der Waals surface area contributed by atoms with Gasteiger partial charge in [0.1, 0.15) is 0 Å². The topological polar surface area (TPSA) is 84.7 Å². The molecule has 1 amide bonds. The van der Waals surface area contributed by atoms with Crippen molar-refractivity contribution in [3.05, 3.63) is 77.8 Å². The molecule has 0 radical (unpaired) electrons. The summed E-state index contributed by atoms with van der Waals surface area (Å²) in [5, 5.41) is 3.01. The van der Waals surface area contributed by atoms with Crippen LogP contribution in [-0.2, 0) is 11.2 Å². The first kappa shape index (κ1) is 23.7. The zero-order valence-electron chi connectivity index (χ0n) is 19.5. The predicted molar refractivity (Wildman–Crippen MR) is 130 cm³/mol. The van der Waals surface area contributed by atoms with Crippen molar-refractivity contribution in [2.75, 3.05) is 32.8 Å². The van der Waals surface area contributed by atoms with Crippen LogP contribution in [0.1, 0.15) is 46.2 Å². The Morgan fingerprint density at radius 3 is 2.59 bits per heavy atom. The minimum atomic E-state index is -0.572. The van der Waals surface area contributed by atoms with Gasteiger partial charge in [-0.25, -0.2) is 9.78 Å². The lowest BCUT2D eigenvalue weighted by Crippen LogP contribution is -2.40. The number of aromatic nitrogens is 1. The molecule has 1 aliphatic heterocycles. The van der Waals surface area contributed by atoms with Crippen LogP contribution in [-0.4, -0.2) is 54.5 Å². The molecule has 0 atom stereocenters. The minimum Gasteiger partial charge on any atom is -0.461 e. The second-order valence-corrected chi connectivity index (χ2v) is 8.53. The average Bonchev–Trinajstić information content (AvgIpc) is 3.36. The number of amides is 1. The van der Waals surface area contributed by atoms with Crippen molar-refractivity contribution < 1.29 is 18.7 Å². The van der Waals surface area contributed by atoms with Crippen LogP contribution >= 0.6 is 0 Å². The maximum absolute atomic E-state index is 13.0. The zero-order chi connectivity index (χ0) is 23.8. The van der Waals surface area contributed by atoms with Crippen LogP contribution in [0.25, 0.3) is 11.3 Å². The fourth-order valence-corrected chi connectivity index (χ4v) is 4.45. The summed E-state index contributed by atoms with van der Waals surface area (Å²) < 4.78 is 10.5. The number of oxazole rings is 1. The van der Waals surface area contributed by atoms with Gasteiger partial charge < -0.3 is 19.4 Å². The Labute approximate surface area is 200 Å². The SMILES string of the molecule is CCOC(=O)c1ncoc1-c1ccccc1C(=O)NCCN1CCC(Cc2ccccc2)CC1. The third kappa shape index (κ3) is 5.91. The molecule has 0 spiro atoms. The van der Waals surface area contributed by atoms with Crippen molar-refractivity contribution in [2.24, 2.45) is 5.92 Å². The molecule has 1 aliphatic rings. The molecule has 178 valence electrons. The number of rotatable bonds is 9. The van der Waals surface area contributed by atoms with Gasteiger partial charge in [-0.2, -0.15) is 0 Å². The molecule has 7 nitrogen and oxygen atoms in total. The van der Waals surface area contributed by atoms with E-state index in [9.17, 15) is 9.59 Å². The van der Waals surface area contributed by atoms with E-state index >= 15 is 0 Å². The lowest BCUT2D eigenvalue weighted by Gasteiger charge is -2.32. The summed E-state index contributed by atoms with van der Waals surface area (Å²) >= 11 is 0. The van der Waals surface area contributed by atoms with Crippen molar-refractivity contribution in [1.82, 2.24) is 15.2 Å². The van der Waals surface area contributed by atoms with E-state index in [4.69, 9.17) is 9.15 Å². The van der Waals surface area contributed by atoms with Crippen LogP contribution in [0.15, 0.2) is 65.4 Å². The van der Waals surface area contributed by atoms with Crippen LogP contribution in [0.4, 0.5) is 0 Å². The molecule has 1 aromatic heterocycles. The van der Waals surface area contributed by atoms with E-state index in [2.05, 4.69) is 45.5 Å². The molecule has 3 aromatic rings. The van der Waals surface area contributed by atoms with E-state index in [1.807, 2.05) is 0 Å². The highest BCUT2D eigenvalue weighted by Crippen LogP contribution is 2.27. The molecule has 1 saturated heterocycles. The van der Waals surface area contributed by atoms with Gasteiger partial charge in [-0.1, -0.05) is 48.5 Å². The Bertz CT molecular complexity index is 1090. The van der Waals surface area contributed by atoms with Crippen molar-refractivity contribution in [1.29, 1.82) is 0 Å². The standard InChI is InChI=1S/C27H31N3O4/c1-2-33-27(32)24-25(34-19-29-24)22-10-6-7-11-23(22)26(31)28-14-17-30-15-12-21(13-16-30)18-20-8-4-3-5-9-20/h3-11,19,21H,2,12-18H2,1H3,(H,28,31). The van der Waals surface area contributed by atoms with Gasteiger partial charge in [0.2, 0.25) is 0 Å². The van der Waals surface area contributed by atoms with E-state index in [0.29, 0.717) is 17.7 Å². The van der Waals surface area contributed by atoms with Crippen molar-refractivity contribution >= 4 is 11.9 Å². The van der Waals surface area contributed by atoms with E-state index in [0.717, 1.165) is 32.0 Å². The molecule has 2 heterocycles. The van der Waals surface area contributed by atoms with Gasteiger partial charge in [0.25, 0.3) is 5.91 Å². The Kier molecular flexibility index (Phi) is 8.09. The zero-order valence-corrected chi connectivity index (χ0v) is 19.5. The number of nitrogens with one attached hydrogen (secondary N) is 1. The molecule has 34 heavy (non-hydrogen) atoms. The third-order valence-corrected chi connectivity index (χ3v) is 6.24. The van der Waals surface area contributed by atoms with E-state index < -0.39 is 5.97 Å². The molecule has 0 unspecified atom stereocenters. The number of nitrogens with zero attached hydrogens (tertiary/aromatic N) is 2. The number of carbonyl (C=O) groups is 2. The molecule has 0 aliphatic carbocycles. The molecule has 7 heteroatoms. The smallest absolute Gasteiger partial charge is 0.360 e. The second-order valence-electron chi connectivity index (χ2n) is 8.53. The lowest BCUT2D eigenvalue weighted by atomic mass is 9.90. The summed E-state index contributed by atoms with van der Waals surface area (Å²) in [6, 6.07) is 17.7. The number of ether oxygens (including phenoxy) is 1. The number of likely N-dealkylation sites (tertiary alicyclic amines) is 1. The van der Waals surface area contributed by atoms with Gasteiger partial charge in [-0.3, -0.25) is 4.79 Å². The fraction of sp³-hybridized carbons (Fsp3) is 0.370. The summed E-state index contributed by atoms with van der Waals surface area (Å²) in [4.78, 5) is 31.6. The van der Waals surface area contributed by atoms with Gasteiger partial charge in [0.15, 0.2) is 17.8 Å². The first-order valence-electron chi connectivity index (χ1n) is 11.9. The molecule has 4 rings (SSSR count). The van der Waals surface area contributed by atoms with Crippen LogP contribution in [0.2, 0.25) is 0 Å². The van der Waals surface area contributed by atoms with Gasteiger partial charge in [0, 0.05) is 18.7 Å². The molecular weight excluding hydrogens is 430 g/mol. The third-order valence-electron chi connectivity index (χ3n) is 6.24. The Balaban J connectivity index is 1.30. The number of hydrogen-bond donors (Lipinski definition) is 1. The number of esters is 1. The highest BCUT2D eigenvalue weighted by atomic mass is 16.5. The number of carbonyl (C=O) groups excluding carboxylic acids is 2. The maximum Gasteiger partial charge on any atom is 0.360 e. The normalized spacial score (nSPS) is 14.6. The van der Waals surface area contributed by atoms with Crippen LogP contribution in [0, 0.1) is 5.92 Å². The average molecular weight is 462 g/mol. The summed E-state index contributed by atoms with van der Waals surface area (Å²) in [6.45, 7) is 5.41. The number of hydrogen-bond acceptors (Lipinski definition) is 6. The first-order valence-corrected chi connectivity index (χ1v) is 11.9. The number of piperidine rings is 1. The molecule has 1 fully saturated rings. The largest absolute Gasteiger partial charge is 0.461 e. The van der Waals surface area contributed by atoms with Gasteiger partial charge in [0.05, 0.1) is 12.2 Å². The summed E-state index contributed by atoms with van der Waals surface area (Å²) in [5.74, 6) is 0.179. The minimum absolute atomic E-state index is 0.0699. The van der Waals surface area contributed by atoms with Crippen LogP contribution < -0.4 is 5.32 Å². The van der Waals surface area contributed by atoms with Gasteiger partial charge in [-0.05, 0) is 56.8 Å². The van der Waals surface area contributed by atoms with Gasteiger partial charge in [-0.15, -0.1) is 0 Å². The van der Waals surface area contributed by atoms with Gasteiger partial charge >= 0.3 is 5.97 Å². The molecule has 0 bridgehead atoms. The quantitative estimate of drug-likeness (QED) is 0.481. The predicted octanol–water partition coefficient (Wildman–Crippen LogP) is 4.20. The van der Waals surface area contributed by atoms with E-state index in [1.165, 1.54) is 24.8 Å². The van der Waals surface area contributed by atoms with Crippen molar-refractivity contribution in [3.8, 4) is 11.3 Å². The van der Waals surface area contributed by atoms with Crippen LogP contribution in [0.5, 0.6) is 0 Å². The van der Waals surface area contributed by atoms with E-state index in [1.54, 1.807) is 31.2 Å². The van der Waals surface area contributed by atoms with Crippen molar-refractivity contribution in [3.63, 3.8) is 0 Å². The summed E-state index contributed by atoms with van der Waals surface area (Å²) in [6.07, 6.45) is 4.68. The highest BCUT2D eigenvalue weighted by molar-refractivity contribution is 6.03. The Morgan fingerprint density at radius 2 is 1.82 bits per heavy atom. The maximum atomic E-state index is 13.0. The molecular formula is C27H31N3O4. The Morgan fingerprint density at radius 1 is 1.09 bits per heavy atom. The molecule has 2 aromatic carbocycles. The van der Waals surface area contributed by atoms with Crippen LogP contribution in [0.3, 0.4) is 0 Å².